The molecule has 0 radical (unpaired) electrons. The van der Waals surface area contributed by atoms with Crippen molar-refractivity contribution in [1.82, 2.24) is 34.1 Å². The van der Waals surface area contributed by atoms with Crippen molar-refractivity contribution in [3.05, 3.63) is 130 Å². The van der Waals surface area contributed by atoms with Crippen LogP contribution in [0.4, 0.5) is 0 Å². The van der Waals surface area contributed by atoms with Gasteiger partial charge in [-0.25, -0.2) is 26.8 Å². The smallest absolute Gasteiger partial charge is 0.262 e. The van der Waals surface area contributed by atoms with Crippen molar-refractivity contribution in [2.75, 3.05) is 0 Å². The number of aromatic nitrogens is 7. The lowest BCUT2D eigenvalue weighted by atomic mass is 10.1. The minimum Gasteiger partial charge on any atom is -0.716 e. The molecule has 0 bridgehead atoms. The monoisotopic (exact) mass is 811 g/mol. The molecule has 4 aromatic carbocycles. The number of nitrogens with zero attached hydrogens (tertiary/aromatic N) is 7. The van der Waals surface area contributed by atoms with Crippen LogP contribution in [0.5, 0.6) is 11.5 Å². The minimum atomic E-state index is -4.96. The van der Waals surface area contributed by atoms with Crippen LogP contribution in [0.25, 0.3) is 44.6 Å². The van der Waals surface area contributed by atoms with Crippen molar-refractivity contribution in [3.8, 4) is 34.3 Å². The summed E-state index contributed by atoms with van der Waals surface area (Å²) >= 11 is 0. The maximum atomic E-state index is 13.7. The third-order valence-corrected chi connectivity index (χ3v) is 9.81. The van der Waals surface area contributed by atoms with Crippen LogP contribution >= 0.6 is 0 Å². The highest BCUT2D eigenvalue weighted by Crippen LogP contribution is 2.25. The van der Waals surface area contributed by atoms with Gasteiger partial charge >= 0.3 is 0 Å². The number of hydrogen-bond donors (Lipinski definition) is 0. The first kappa shape index (κ1) is 39.0. The van der Waals surface area contributed by atoms with Gasteiger partial charge in [0.15, 0.2) is 0 Å². The highest BCUT2D eigenvalue weighted by Gasteiger charge is 2.16. The van der Waals surface area contributed by atoms with Crippen molar-refractivity contribution in [1.29, 1.82) is 0 Å². The molecule has 0 saturated carbocycles. The molecule has 294 valence electrons. The third-order valence-electron chi connectivity index (χ3n) is 9.02. The molecule has 3 aromatic heterocycles. The molecule has 0 fully saturated rings. The number of unbranched alkanes of at least 4 members (excludes halogenated alkanes) is 4. The molecule has 0 N–H and O–H groups in total. The molecule has 7 rings (SSSR count). The van der Waals surface area contributed by atoms with Gasteiger partial charge in [-0.15, -0.1) is 5.10 Å². The van der Waals surface area contributed by atoms with Gasteiger partial charge in [-0.3, -0.25) is 23.4 Å². The van der Waals surface area contributed by atoms with Crippen LogP contribution in [0, 0.1) is 0 Å². The van der Waals surface area contributed by atoms with E-state index in [0.717, 1.165) is 25.7 Å². The molecule has 0 atom stereocenters. The summed E-state index contributed by atoms with van der Waals surface area (Å²) < 4.78 is 79.7. The Bertz CT molecular complexity index is 2910. The van der Waals surface area contributed by atoms with E-state index in [-0.39, 0.29) is 29.2 Å². The molecule has 0 aliphatic carbocycles. The first-order chi connectivity index (χ1) is 27.3. The molecular formula is C38H33N7O10S2-2. The van der Waals surface area contributed by atoms with Crippen LogP contribution in [0.15, 0.2) is 113 Å². The maximum absolute atomic E-state index is 13.7. The molecule has 0 amide bonds. The van der Waals surface area contributed by atoms with E-state index in [1.807, 2.05) is 0 Å². The van der Waals surface area contributed by atoms with Gasteiger partial charge in [0.05, 0.1) is 34.5 Å². The fraction of sp³-hybridized carbons (Fsp3) is 0.211. The summed E-state index contributed by atoms with van der Waals surface area (Å²) in [6.45, 7) is 1.04. The largest absolute Gasteiger partial charge is 0.716 e. The molecule has 0 saturated heterocycles. The predicted molar refractivity (Wildman–Crippen MR) is 206 cm³/mol. The van der Waals surface area contributed by atoms with Crippen molar-refractivity contribution < 1.29 is 34.3 Å². The van der Waals surface area contributed by atoms with Crippen molar-refractivity contribution >= 4 is 42.6 Å². The Morgan fingerprint density at radius 2 is 1.02 bits per heavy atom. The van der Waals surface area contributed by atoms with Crippen molar-refractivity contribution in [2.45, 2.75) is 51.7 Å². The molecule has 3 heterocycles. The lowest BCUT2D eigenvalue weighted by Gasteiger charge is -2.14. The van der Waals surface area contributed by atoms with E-state index >= 15 is 0 Å². The SMILES string of the molecule is O=c1c2ccccc2nc(-c2ccc(OS(=O)(=O)[O-])cc2)n1CCCCCCCn1cc(Cn2c(-c3ccc(OS(=O)(=O)[O-])cc3)nc3ccccc3c2=O)nn1. The highest BCUT2D eigenvalue weighted by molar-refractivity contribution is 7.81. The lowest BCUT2D eigenvalue weighted by molar-refractivity contribution is 0.370. The Morgan fingerprint density at radius 3 is 1.54 bits per heavy atom. The van der Waals surface area contributed by atoms with E-state index in [0.29, 0.717) is 69.8 Å². The fourth-order valence-electron chi connectivity index (χ4n) is 6.44. The molecule has 57 heavy (non-hydrogen) atoms. The Morgan fingerprint density at radius 1 is 0.561 bits per heavy atom. The summed E-state index contributed by atoms with van der Waals surface area (Å²) in [5.74, 6) is 0.398. The summed E-state index contributed by atoms with van der Waals surface area (Å²) in [6, 6.07) is 25.3. The lowest BCUT2D eigenvalue weighted by Crippen LogP contribution is -2.24. The summed E-state index contributed by atoms with van der Waals surface area (Å²) in [5.41, 5.74) is 2.06. The van der Waals surface area contributed by atoms with Crippen molar-refractivity contribution in [3.63, 3.8) is 0 Å². The normalized spacial score (nSPS) is 12.0. The van der Waals surface area contributed by atoms with E-state index in [1.54, 1.807) is 76.1 Å². The van der Waals surface area contributed by atoms with Crippen LogP contribution in [0.1, 0.15) is 37.8 Å². The van der Waals surface area contributed by atoms with Gasteiger partial charge in [0.1, 0.15) is 28.8 Å². The van der Waals surface area contributed by atoms with Crippen LogP contribution in [-0.2, 0) is 40.4 Å². The zero-order chi connectivity index (χ0) is 40.2. The highest BCUT2D eigenvalue weighted by atomic mass is 32.3. The van der Waals surface area contributed by atoms with E-state index < -0.39 is 20.8 Å². The van der Waals surface area contributed by atoms with Gasteiger partial charge in [-0.05, 0) is 85.6 Å². The zero-order valence-electron chi connectivity index (χ0n) is 30.0. The number of hydrogen-bond acceptors (Lipinski definition) is 14. The number of rotatable bonds is 16. The van der Waals surface area contributed by atoms with E-state index in [9.17, 15) is 35.5 Å². The summed E-state index contributed by atoms with van der Waals surface area (Å²) in [5, 5.41) is 9.42. The Balaban J connectivity index is 0.973. The number of fused-ring (bicyclic) bond motifs is 2. The minimum absolute atomic E-state index is 0.0597. The Hall–Kier alpha value is -6.28. The molecule has 7 aromatic rings. The maximum Gasteiger partial charge on any atom is 0.262 e. The zero-order valence-corrected chi connectivity index (χ0v) is 31.6. The second-order valence-electron chi connectivity index (χ2n) is 13.0. The topological polar surface area (TPSA) is 233 Å². The first-order valence-electron chi connectivity index (χ1n) is 17.7. The quantitative estimate of drug-likeness (QED) is 0.0747. The predicted octanol–water partition coefficient (Wildman–Crippen LogP) is 4.41. The second kappa shape index (κ2) is 16.4. The van der Waals surface area contributed by atoms with Gasteiger partial charge in [0.2, 0.25) is 0 Å². The van der Waals surface area contributed by atoms with Crippen LogP contribution in [0.2, 0.25) is 0 Å². The molecule has 0 aliphatic heterocycles. The third kappa shape index (κ3) is 9.58. The van der Waals surface area contributed by atoms with E-state index in [1.165, 1.54) is 41.0 Å². The standard InChI is InChI=1S/C38H35N7O10S2/c46-37-31-10-4-6-12-33(31)39-35(26-14-18-29(19-15-26)54-56(48,49)50)44(37)23-9-3-1-2-8-22-43-24-28(41-42-43)25-45-36(40-34-13-7-5-11-32(34)38(45)47)27-16-20-30(21-17-27)55-57(51,52)53/h4-7,10-21,24H,1-3,8-9,22-23,25H2,(H,48,49,50)(H,51,52,53)/p-2. The first-order valence-corrected chi connectivity index (χ1v) is 20.4. The number of aryl methyl sites for hydroxylation is 1. The van der Waals surface area contributed by atoms with Gasteiger partial charge in [-0.1, -0.05) is 48.7 Å². The van der Waals surface area contributed by atoms with Gasteiger partial charge in [0, 0.05) is 24.2 Å². The molecule has 17 nitrogen and oxygen atoms in total. The summed E-state index contributed by atoms with van der Waals surface area (Å²) in [4.78, 5) is 36.6. The fourth-order valence-corrected chi connectivity index (χ4v) is 7.14. The van der Waals surface area contributed by atoms with Crippen molar-refractivity contribution in [2.24, 2.45) is 0 Å². The molecular weight excluding hydrogens is 779 g/mol. The molecule has 19 heteroatoms. The van der Waals surface area contributed by atoms with E-state index in [4.69, 9.17) is 9.97 Å². The van der Waals surface area contributed by atoms with Gasteiger partial charge < -0.3 is 17.5 Å². The molecule has 0 aliphatic rings. The van der Waals surface area contributed by atoms with Gasteiger partial charge in [0.25, 0.3) is 31.9 Å². The molecule has 0 spiro atoms. The van der Waals surface area contributed by atoms with Crippen LogP contribution in [-0.4, -0.2) is 60.0 Å². The number of benzene rings is 4. The average molecular weight is 812 g/mol. The van der Waals surface area contributed by atoms with Crippen LogP contribution < -0.4 is 19.5 Å². The molecule has 0 unspecified atom stereocenters. The van der Waals surface area contributed by atoms with Gasteiger partial charge in [-0.2, -0.15) is 0 Å². The van der Waals surface area contributed by atoms with E-state index in [2.05, 4.69) is 18.7 Å². The Labute approximate surface area is 325 Å². The second-order valence-corrected chi connectivity index (χ2v) is 15.0. The van der Waals surface area contributed by atoms with Crippen LogP contribution in [0.3, 0.4) is 0 Å². The number of para-hydroxylation sites is 2. The summed E-state index contributed by atoms with van der Waals surface area (Å²) in [7, 11) is -9.89. The average Bonchev–Trinajstić information content (AvgIpc) is 3.62. The Kier molecular flexibility index (Phi) is 11.2. The summed E-state index contributed by atoms with van der Waals surface area (Å²) in [6.07, 6.45) is 5.85.